The molecule has 6 heteroatoms. The van der Waals surface area contributed by atoms with Gasteiger partial charge in [0.25, 0.3) is 0 Å². The second kappa shape index (κ2) is 7.24. The molecule has 0 unspecified atom stereocenters. The lowest BCUT2D eigenvalue weighted by Gasteiger charge is -2.26. The van der Waals surface area contributed by atoms with E-state index in [0.29, 0.717) is 45.7 Å². The fourth-order valence-electron chi connectivity index (χ4n) is 1.58. The zero-order chi connectivity index (χ0) is 12.7. The van der Waals surface area contributed by atoms with Crippen LogP contribution in [-0.4, -0.2) is 55.6 Å². The molecule has 0 aromatic rings. The minimum absolute atomic E-state index is 0.0543. The van der Waals surface area contributed by atoms with Gasteiger partial charge in [-0.05, 0) is 6.42 Å². The van der Waals surface area contributed by atoms with Gasteiger partial charge in [-0.3, -0.25) is 9.59 Å². The summed E-state index contributed by atoms with van der Waals surface area (Å²) >= 11 is 0. The molecular formula is C11H21N3O3. The van der Waals surface area contributed by atoms with Gasteiger partial charge < -0.3 is 20.7 Å². The average Bonchev–Trinajstić information content (AvgIpc) is 2.38. The number of amides is 2. The van der Waals surface area contributed by atoms with E-state index in [9.17, 15) is 9.59 Å². The van der Waals surface area contributed by atoms with Crippen molar-refractivity contribution in [3.8, 4) is 0 Å². The molecule has 1 aliphatic rings. The summed E-state index contributed by atoms with van der Waals surface area (Å²) in [6.45, 7) is 4.67. The zero-order valence-corrected chi connectivity index (χ0v) is 10.3. The van der Waals surface area contributed by atoms with Crippen LogP contribution >= 0.6 is 0 Å². The molecule has 3 N–H and O–H groups in total. The van der Waals surface area contributed by atoms with E-state index in [1.165, 1.54) is 0 Å². The van der Waals surface area contributed by atoms with Gasteiger partial charge in [0.05, 0.1) is 19.3 Å². The first-order chi connectivity index (χ1) is 8.15. The molecule has 0 saturated carbocycles. The Bertz CT molecular complexity index is 265. The van der Waals surface area contributed by atoms with E-state index < -0.39 is 6.04 Å². The van der Waals surface area contributed by atoms with Crippen LogP contribution < -0.4 is 11.1 Å². The Kier molecular flexibility index (Phi) is 5.93. The van der Waals surface area contributed by atoms with Crippen molar-refractivity contribution < 1.29 is 14.3 Å². The van der Waals surface area contributed by atoms with Gasteiger partial charge in [0.15, 0.2) is 0 Å². The van der Waals surface area contributed by atoms with E-state index in [2.05, 4.69) is 5.32 Å². The molecule has 1 fully saturated rings. The topological polar surface area (TPSA) is 84.7 Å². The Morgan fingerprint density at radius 2 is 2.06 bits per heavy atom. The van der Waals surface area contributed by atoms with Crippen molar-refractivity contribution in [3.05, 3.63) is 0 Å². The Labute approximate surface area is 101 Å². The minimum Gasteiger partial charge on any atom is -0.378 e. The molecule has 0 aromatic heterocycles. The lowest BCUT2D eigenvalue weighted by Crippen LogP contribution is -2.44. The van der Waals surface area contributed by atoms with E-state index >= 15 is 0 Å². The third kappa shape index (κ3) is 4.70. The molecule has 1 saturated heterocycles. The summed E-state index contributed by atoms with van der Waals surface area (Å²) in [4.78, 5) is 24.8. The Morgan fingerprint density at radius 1 is 1.41 bits per heavy atom. The summed E-state index contributed by atoms with van der Waals surface area (Å²) in [5.41, 5.74) is 5.55. The smallest absolute Gasteiger partial charge is 0.236 e. The first-order valence-electron chi connectivity index (χ1n) is 6.04. The maximum Gasteiger partial charge on any atom is 0.236 e. The second-order valence-corrected chi connectivity index (χ2v) is 4.05. The number of nitrogens with one attached hydrogen (secondary N) is 1. The lowest BCUT2D eigenvalue weighted by atomic mass is 10.2. The number of nitrogens with two attached hydrogens (primary N) is 1. The molecule has 1 heterocycles. The van der Waals surface area contributed by atoms with Crippen LogP contribution in [0.15, 0.2) is 0 Å². The summed E-state index contributed by atoms with van der Waals surface area (Å²) in [6.07, 6.45) is 0.922. The fourth-order valence-corrected chi connectivity index (χ4v) is 1.58. The normalized spacial score (nSPS) is 17.6. The number of carbonyl (C=O) groups excluding carboxylic acids is 2. The van der Waals surface area contributed by atoms with Gasteiger partial charge >= 0.3 is 0 Å². The van der Waals surface area contributed by atoms with Crippen LogP contribution in [0, 0.1) is 0 Å². The molecule has 0 radical (unpaired) electrons. The zero-order valence-electron chi connectivity index (χ0n) is 10.3. The maximum atomic E-state index is 11.7. The molecule has 1 rings (SSSR count). The van der Waals surface area contributed by atoms with E-state index in [-0.39, 0.29) is 11.8 Å². The van der Waals surface area contributed by atoms with Gasteiger partial charge in [0.1, 0.15) is 0 Å². The number of hydrogen-bond acceptors (Lipinski definition) is 4. The maximum absolute atomic E-state index is 11.7. The van der Waals surface area contributed by atoms with Crippen molar-refractivity contribution in [1.82, 2.24) is 10.2 Å². The summed E-state index contributed by atoms with van der Waals surface area (Å²) < 4.78 is 5.16. The van der Waals surface area contributed by atoms with Crippen LogP contribution in [0.3, 0.4) is 0 Å². The highest BCUT2D eigenvalue weighted by Gasteiger charge is 2.17. The molecule has 6 nitrogen and oxygen atoms in total. The summed E-state index contributed by atoms with van der Waals surface area (Å²) in [7, 11) is 0. The Hall–Kier alpha value is -1.14. The highest BCUT2D eigenvalue weighted by molar-refractivity contribution is 5.82. The van der Waals surface area contributed by atoms with Crippen molar-refractivity contribution in [1.29, 1.82) is 0 Å². The van der Waals surface area contributed by atoms with Crippen LogP contribution in [0.5, 0.6) is 0 Å². The van der Waals surface area contributed by atoms with Gasteiger partial charge in [-0.15, -0.1) is 0 Å². The molecule has 0 spiro atoms. The summed E-state index contributed by atoms with van der Waals surface area (Å²) in [5.74, 6) is -0.138. The predicted octanol–water partition coefficient (Wildman–Crippen LogP) is -0.911. The van der Waals surface area contributed by atoms with Crippen LogP contribution in [0.2, 0.25) is 0 Å². The molecular weight excluding hydrogens is 222 g/mol. The third-order valence-electron chi connectivity index (χ3n) is 2.78. The molecule has 17 heavy (non-hydrogen) atoms. The Balaban J connectivity index is 2.17. The summed E-state index contributed by atoms with van der Waals surface area (Å²) in [6, 6.07) is -0.478. The highest BCUT2D eigenvalue weighted by atomic mass is 16.5. The van der Waals surface area contributed by atoms with E-state index in [1.807, 2.05) is 6.92 Å². The fraction of sp³-hybridized carbons (Fsp3) is 0.818. The monoisotopic (exact) mass is 243 g/mol. The van der Waals surface area contributed by atoms with Gasteiger partial charge in [-0.2, -0.15) is 0 Å². The number of rotatable bonds is 5. The van der Waals surface area contributed by atoms with Crippen molar-refractivity contribution in [2.24, 2.45) is 5.73 Å². The minimum atomic E-state index is -0.478. The predicted molar refractivity (Wildman–Crippen MR) is 63.3 cm³/mol. The van der Waals surface area contributed by atoms with Gasteiger partial charge in [0.2, 0.25) is 11.8 Å². The lowest BCUT2D eigenvalue weighted by molar-refractivity contribution is -0.135. The number of hydrogen-bond donors (Lipinski definition) is 2. The van der Waals surface area contributed by atoms with Gasteiger partial charge in [0, 0.05) is 26.1 Å². The van der Waals surface area contributed by atoms with Crippen LogP contribution in [0.1, 0.15) is 19.8 Å². The van der Waals surface area contributed by atoms with E-state index in [4.69, 9.17) is 10.5 Å². The first-order valence-corrected chi connectivity index (χ1v) is 6.04. The highest BCUT2D eigenvalue weighted by Crippen LogP contribution is 1.99. The quantitative estimate of drug-likeness (QED) is 0.654. The third-order valence-corrected chi connectivity index (χ3v) is 2.78. The summed E-state index contributed by atoms with van der Waals surface area (Å²) in [5, 5.41) is 2.66. The molecule has 98 valence electrons. The van der Waals surface area contributed by atoms with Crippen LogP contribution in [-0.2, 0) is 14.3 Å². The van der Waals surface area contributed by atoms with Crippen LogP contribution in [0.4, 0.5) is 0 Å². The van der Waals surface area contributed by atoms with Crippen LogP contribution in [0.25, 0.3) is 0 Å². The standard InChI is InChI=1S/C11H21N3O3/c1-2-9(12)11(16)13-4-3-10(15)14-5-7-17-8-6-14/h9H,2-8,12H2,1H3,(H,13,16)/t9-/m0/s1. The molecule has 2 amide bonds. The van der Waals surface area contributed by atoms with Crippen molar-refractivity contribution in [3.63, 3.8) is 0 Å². The SMILES string of the molecule is CC[C@H](N)C(=O)NCCC(=O)N1CCOCC1. The largest absolute Gasteiger partial charge is 0.378 e. The second-order valence-electron chi connectivity index (χ2n) is 4.05. The van der Waals surface area contributed by atoms with Gasteiger partial charge in [-0.25, -0.2) is 0 Å². The molecule has 0 bridgehead atoms. The average molecular weight is 243 g/mol. The molecule has 1 atom stereocenters. The van der Waals surface area contributed by atoms with Crippen molar-refractivity contribution in [2.45, 2.75) is 25.8 Å². The van der Waals surface area contributed by atoms with E-state index in [0.717, 1.165) is 0 Å². The number of ether oxygens (including phenoxy) is 1. The number of carbonyl (C=O) groups is 2. The number of nitrogens with zero attached hydrogens (tertiary/aromatic N) is 1. The van der Waals surface area contributed by atoms with E-state index in [1.54, 1.807) is 4.90 Å². The Morgan fingerprint density at radius 3 is 2.65 bits per heavy atom. The van der Waals surface area contributed by atoms with Crippen molar-refractivity contribution >= 4 is 11.8 Å². The van der Waals surface area contributed by atoms with Gasteiger partial charge in [-0.1, -0.05) is 6.92 Å². The first kappa shape index (κ1) is 13.9. The number of morpholine rings is 1. The molecule has 0 aliphatic carbocycles. The molecule has 0 aromatic carbocycles. The molecule has 1 aliphatic heterocycles. The van der Waals surface area contributed by atoms with Crippen molar-refractivity contribution in [2.75, 3.05) is 32.8 Å².